The van der Waals surface area contributed by atoms with Gasteiger partial charge in [0, 0.05) is 11.1 Å². The van der Waals surface area contributed by atoms with Crippen molar-refractivity contribution >= 4 is 12.1 Å². The summed E-state index contributed by atoms with van der Waals surface area (Å²) in [7, 11) is 1.49. The smallest absolute Gasteiger partial charge is 0.200 e. The van der Waals surface area contributed by atoms with E-state index in [9.17, 15) is 9.59 Å². The van der Waals surface area contributed by atoms with Gasteiger partial charge in [-0.2, -0.15) is 0 Å². The summed E-state index contributed by atoms with van der Waals surface area (Å²) in [5.74, 6) is 0.777. The van der Waals surface area contributed by atoms with Gasteiger partial charge in [0.2, 0.25) is 0 Å². The number of ketones is 1. The monoisotopic (exact) mass is 312 g/mol. The van der Waals surface area contributed by atoms with Crippen LogP contribution in [0.1, 0.15) is 37.4 Å². The summed E-state index contributed by atoms with van der Waals surface area (Å²) in [5, 5.41) is 0. The van der Waals surface area contributed by atoms with Gasteiger partial charge in [-0.15, -0.1) is 0 Å². The standard InChI is InChI=1S/C19H20O4/c1-12-7-14(3)16(8-13(12)2)17(21)11-23-18-6-5-15(10-20)9-19(18)22-4/h5-10H,11H2,1-4H3. The second kappa shape index (κ2) is 7.09. The Balaban J connectivity index is 2.16. The highest BCUT2D eigenvalue weighted by atomic mass is 16.5. The summed E-state index contributed by atoms with van der Waals surface area (Å²) in [6.45, 7) is 5.83. The van der Waals surface area contributed by atoms with Gasteiger partial charge in [-0.3, -0.25) is 9.59 Å². The Kier molecular flexibility index (Phi) is 5.16. The van der Waals surface area contributed by atoms with Crippen LogP contribution in [0, 0.1) is 20.8 Å². The van der Waals surface area contributed by atoms with Crippen molar-refractivity contribution < 1.29 is 19.1 Å². The van der Waals surface area contributed by atoms with Crippen LogP contribution in [0.3, 0.4) is 0 Å². The molecule has 0 aliphatic rings. The van der Waals surface area contributed by atoms with Crippen LogP contribution in [0.15, 0.2) is 30.3 Å². The summed E-state index contributed by atoms with van der Waals surface area (Å²) < 4.78 is 10.8. The average Bonchev–Trinajstić information content (AvgIpc) is 2.55. The third-order valence-corrected chi connectivity index (χ3v) is 3.82. The first-order valence-electron chi connectivity index (χ1n) is 7.33. The van der Waals surface area contributed by atoms with Gasteiger partial charge < -0.3 is 9.47 Å². The molecule has 0 spiro atoms. The molecule has 2 rings (SSSR count). The van der Waals surface area contributed by atoms with Gasteiger partial charge in [0.25, 0.3) is 0 Å². The number of Topliss-reactive ketones (excluding diaryl/α,β-unsaturated/α-hetero) is 1. The lowest BCUT2D eigenvalue weighted by Crippen LogP contribution is -2.14. The molecule has 2 aromatic rings. The quantitative estimate of drug-likeness (QED) is 0.603. The summed E-state index contributed by atoms with van der Waals surface area (Å²) in [5.41, 5.74) is 4.32. The highest BCUT2D eigenvalue weighted by molar-refractivity contribution is 5.98. The molecule has 0 aromatic heterocycles. The van der Waals surface area contributed by atoms with E-state index in [1.54, 1.807) is 18.2 Å². The lowest BCUT2D eigenvalue weighted by molar-refractivity contribution is 0.0918. The molecule has 2 aromatic carbocycles. The molecule has 0 bridgehead atoms. The molecule has 0 aliphatic carbocycles. The average molecular weight is 312 g/mol. The Morgan fingerprint density at radius 1 is 1.00 bits per heavy atom. The number of hydrogen-bond acceptors (Lipinski definition) is 4. The van der Waals surface area contributed by atoms with E-state index >= 15 is 0 Å². The molecule has 0 radical (unpaired) electrons. The van der Waals surface area contributed by atoms with E-state index in [4.69, 9.17) is 9.47 Å². The largest absolute Gasteiger partial charge is 0.493 e. The zero-order valence-electron chi connectivity index (χ0n) is 13.8. The van der Waals surface area contributed by atoms with Gasteiger partial charge >= 0.3 is 0 Å². The molecule has 0 fully saturated rings. The van der Waals surface area contributed by atoms with Crippen molar-refractivity contribution in [2.75, 3.05) is 13.7 Å². The molecule has 4 nitrogen and oxygen atoms in total. The van der Waals surface area contributed by atoms with Crippen molar-refractivity contribution in [2.45, 2.75) is 20.8 Å². The maximum Gasteiger partial charge on any atom is 0.200 e. The van der Waals surface area contributed by atoms with E-state index in [2.05, 4.69) is 0 Å². The molecular weight excluding hydrogens is 292 g/mol. The van der Waals surface area contributed by atoms with Crippen molar-refractivity contribution in [3.63, 3.8) is 0 Å². The van der Waals surface area contributed by atoms with Crippen molar-refractivity contribution in [1.29, 1.82) is 0 Å². The predicted octanol–water partition coefficient (Wildman–Crippen LogP) is 3.69. The van der Waals surface area contributed by atoms with E-state index < -0.39 is 0 Å². The molecule has 0 amide bonds. The predicted molar refractivity (Wildman–Crippen MR) is 88.9 cm³/mol. The third kappa shape index (κ3) is 3.77. The van der Waals surface area contributed by atoms with E-state index in [0.29, 0.717) is 22.6 Å². The Hall–Kier alpha value is -2.62. The summed E-state index contributed by atoms with van der Waals surface area (Å²) in [4.78, 5) is 23.2. The molecule has 0 aliphatic heterocycles. The minimum Gasteiger partial charge on any atom is -0.493 e. The van der Waals surface area contributed by atoms with Crippen LogP contribution in [0.5, 0.6) is 11.5 Å². The number of methoxy groups -OCH3 is 1. The number of benzene rings is 2. The fourth-order valence-corrected chi connectivity index (χ4v) is 2.36. The molecular formula is C19H20O4. The Bertz CT molecular complexity index is 747. The number of carbonyl (C=O) groups is 2. The minimum absolute atomic E-state index is 0.0832. The first-order valence-corrected chi connectivity index (χ1v) is 7.33. The Morgan fingerprint density at radius 3 is 2.35 bits per heavy atom. The fraction of sp³-hybridized carbons (Fsp3) is 0.263. The normalized spacial score (nSPS) is 10.3. The van der Waals surface area contributed by atoms with Crippen LogP contribution in [-0.4, -0.2) is 25.8 Å². The van der Waals surface area contributed by atoms with Crippen LogP contribution < -0.4 is 9.47 Å². The molecule has 0 saturated carbocycles. The number of aldehydes is 1. The van der Waals surface area contributed by atoms with Crippen LogP contribution in [0.2, 0.25) is 0 Å². The van der Waals surface area contributed by atoms with E-state index in [-0.39, 0.29) is 12.4 Å². The van der Waals surface area contributed by atoms with E-state index in [1.165, 1.54) is 7.11 Å². The molecule has 0 N–H and O–H groups in total. The zero-order valence-corrected chi connectivity index (χ0v) is 13.8. The van der Waals surface area contributed by atoms with Crippen LogP contribution in [0.4, 0.5) is 0 Å². The van der Waals surface area contributed by atoms with Gasteiger partial charge in [0.1, 0.15) is 6.29 Å². The van der Waals surface area contributed by atoms with Gasteiger partial charge in [0.15, 0.2) is 23.9 Å². The number of ether oxygens (including phenoxy) is 2. The van der Waals surface area contributed by atoms with Crippen molar-refractivity contribution in [3.8, 4) is 11.5 Å². The lowest BCUT2D eigenvalue weighted by Gasteiger charge is -2.12. The fourth-order valence-electron chi connectivity index (χ4n) is 2.36. The molecule has 0 saturated heterocycles. The molecule has 0 heterocycles. The maximum atomic E-state index is 12.4. The summed E-state index contributed by atoms with van der Waals surface area (Å²) >= 11 is 0. The van der Waals surface area contributed by atoms with Crippen LogP contribution in [0.25, 0.3) is 0 Å². The molecule has 120 valence electrons. The summed E-state index contributed by atoms with van der Waals surface area (Å²) in [6, 6.07) is 8.72. The molecule has 0 atom stereocenters. The highest BCUT2D eigenvalue weighted by Gasteiger charge is 2.13. The lowest BCUT2D eigenvalue weighted by atomic mass is 9.98. The number of hydrogen-bond donors (Lipinski definition) is 0. The van der Waals surface area contributed by atoms with E-state index in [1.807, 2.05) is 32.9 Å². The first-order chi connectivity index (χ1) is 11.0. The van der Waals surface area contributed by atoms with Crippen molar-refractivity contribution in [1.82, 2.24) is 0 Å². The topological polar surface area (TPSA) is 52.6 Å². The number of aryl methyl sites for hydroxylation is 3. The minimum atomic E-state index is -0.0906. The van der Waals surface area contributed by atoms with Gasteiger partial charge in [-0.1, -0.05) is 6.07 Å². The Labute approximate surface area is 136 Å². The summed E-state index contributed by atoms with van der Waals surface area (Å²) in [6.07, 6.45) is 0.732. The first kappa shape index (κ1) is 16.7. The van der Waals surface area contributed by atoms with Crippen LogP contribution >= 0.6 is 0 Å². The number of carbonyl (C=O) groups excluding carboxylic acids is 2. The zero-order chi connectivity index (χ0) is 17.0. The highest BCUT2D eigenvalue weighted by Crippen LogP contribution is 2.28. The Morgan fingerprint density at radius 2 is 1.70 bits per heavy atom. The van der Waals surface area contributed by atoms with Gasteiger partial charge in [-0.05, 0) is 61.7 Å². The molecule has 23 heavy (non-hydrogen) atoms. The van der Waals surface area contributed by atoms with Crippen molar-refractivity contribution in [3.05, 3.63) is 58.1 Å². The third-order valence-electron chi connectivity index (χ3n) is 3.82. The molecule has 4 heteroatoms. The number of rotatable bonds is 6. The van der Waals surface area contributed by atoms with Crippen LogP contribution in [-0.2, 0) is 0 Å². The van der Waals surface area contributed by atoms with Gasteiger partial charge in [0.05, 0.1) is 7.11 Å². The van der Waals surface area contributed by atoms with Crippen molar-refractivity contribution in [2.24, 2.45) is 0 Å². The second-order valence-corrected chi connectivity index (χ2v) is 5.49. The second-order valence-electron chi connectivity index (χ2n) is 5.49. The van der Waals surface area contributed by atoms with E-state index in [0.717, 1.165) is 23.0 Å². The molecule has 0 unspecified atom stereocenters. The maximum absolute atomic E-state index is 12.4. The van der Waals surface area contributed by atoms with Gasteiger partial charge in [-0.25, -0.2) is 0 Å². The SMILES string of the molecule is COc1cc(C=O)ccc1OCC(=O)c1cc(C)c(C)cc1C.